The molecule has 0 saturated heterocycles. The van der Waals surface area contributed by atoms with Crippen molar-refractivity contribution in [1.82, 2.24) is 9.97 Å². The summed E-state index contributed by atoms with van der Waals surface area (Å²) in [5.41, 5.74) is 2.05. The molecule has 0 aliphatic rings. The van der Waals surface area contributed by atoms with Gasteiger partial charge in [-0.25, -0.2) is 18.4 Å². The second-order valence-corrected chi connectivity index (χ2v) is 8.94. The number of benzene rings is 3. The predicted molar refractivity (Wildman–Crippen MR) is 121 cm³/mol. The Kier molecular flexibility index (Phi) is 5.76. The topological polar surface area (TPSA) is 84.0 Å². The molecule has 2 N–H and O–H groups in total. The van der Waals surface area contributed by atoms with Gasteiger partial charge in [0.05, 0.1) is 15.9 Å². The van der Waals surface area contributed by atoms with Crippen LogP contribution in [0.1, 0.15) is 5.56 Å². The van der Waals surface area contributed by atoms with Gasteiger partial charge in [0.2, 0.25) is 0 Å². The van der Waals surface area contributed by atoms with Crippen LogP contribution in [0.15, 0.2) is 77.7 Å². The highest BCUT2D eigenvalue weighted by atomic mass is 35.5. The van der Waals surface area contributed by atoms with Crippen molar-refractivity contribution in [2.45, 2.75) is 11.4 Å². The van der Waals surface area contributed by atoms with Gasteiger partial charge in [-0.2, -0.15) is 0 Å². The molecule has 6 nitrogen and oxygen atoms in total. The fourth-order valence-electron chi connectivity index (χ4n) is 2.82. The molecular formula is C21H16Cl2N4O2S. The highest BCUT2D eigenvalue weighted by molar-refractivity contribution is 7.92. The summed E-state index contributed by atoms with van der Waals surface area (Å²) in [5.74, 6) is 0.391. The van der Waals surface area contributed by atoms with Gasteiger partial charge in [0.25, 0.3) is 10.0 Å². The first-order valence-electron chi connectivity index (χ1n) is 8.95. The number of nitrogens with zero attached hydrogens (tertiary/aromatic N) is 2. The third-order valence-electron chi connectivity index (χ3n) is 4.33. The van der Waals surface area contributed by atoms with E-state index >= 15 is 0 Å². The van der Waals surface area contributed by atoms with E-state index in [1.54, 1.807) is 18.2 Å². The summed E-state index contributed by atoms with van der Waals surface area (Å²) >= 11 is 12.1. The Bertz CT molecular complexity index is 1310. The van der Waals surface area contributed by atoms with E-state index in [-0.39, 0.29) is 10.7 Å². The van der Waals surface area contributed by atoms with Crippen molar-refractivity contribution < 1.29 is 8.42 Å². The zero-order valence-electron chi connectivity index (χ0n) is 15.5. The molecule has 0 aliphatic carbocycles. The minimum Gasteiger partial charge on any atom is -0.363 e. The lowest BCUT2D eigenvalue weighted by molar-refractivity contribution is 0.601. The van der Waals surface area contributed by atoms with Gasteiger partial charge in [0.1, 0.15) is 0 Å². The van der Waals surface area contributed by atoms with Crippen molar-refractivity contribution in [3.05, 3.63) is 88.4 Å². The molecule has 0 radical (unpaired) electrons. The van der Waals surface area contributed by atoms with Crippen LogP contribution in [0.4, 0.5) is 11.6 Å². The fraction of sp³-hybridized carbons (Fsp3) is 0.0476. The quantitative estimate of drug-likeness (QED) is 0.406. The van der Waals surface area contributed by atoms with Crippen LogP contribution < -0.4 is 10.0 Å². The van der Waals surface area contributed by atoms with Crippen molar-refractivity contribution in [1.29, 1.82) is 0 Å². The van der Waals surface area contributed by atoms with Crippen LogP contribution in [0, 0.1) is 0 Å². The Labute approximate surface area is 183 Å². The maximum absolute atomic E-state index is 12.9. The summed E-state index contributed by atoms with van der Waals surface area (Å²) in [7, 11) is -3.89. The number of hydrogen-bond donors (Lipinski definition) is 2. The first kappa shape index (κ1) is 20.4. The molecule has 0 amide bonds. The third-order valence-corrected chi connectivity index (χ3v) is 6.31. The zero-order valence-corrected chi connectivity index (χ0v) is 17.8. The van der Waals surface area contributed by atoms with Crippen LogP contribution in [0.5, 0.6) is 0 Å². The standard InChI is InChI=1S/C21H16Cl2N4O2S/c22-15-9-11-16(12-10-15)30(28,29)27-21-20(24-13-14-5-1-2-6-17(14)23)25-18-7-3-4-8-19(18)26-21/h1-12H,13H2,(H,24,25)(H,26,27). The molecule has 0 unspecified atom stereocenters. The molecule has 152 valence electrons. The molecule has 0 spiro atoms. The van der Waals surface area contributed by atoms with E-state index in [0.29, 0.717) is 33.4 Å². The number of nitrogens with one attached hydrogen (secondary N) is 2. The summed E-state index contributed by atoms with van der Waals surface area (Å²) < 4.78 is 28.2. The van der Waals surface area contributed by atoms with Crippen molar-refractivity contribution in [2.75, 3.05) is 10.0 Å². The summed E-state index contributed by atoms with van der Waals surface area (Å²) in [6.45, 7) is 0.350. The highest BCUT2D eigenvalue weighted by Crippen LogP contribution is 2.26. The molecule has 1 heterocycles. The second-order valence-electron chi connectivity index (χ2n) is 6.41. The molecule has 0 bridgehead atoms. The lowest BCUT2D eigenvalue weighted by Gasteiger charge is -2.14. The Morgan fingerprint density at radius 1 is 0.767 bits per heavy atom. The number of hydrogen-bond acceptors (Lipinski definition) is 5. The number of sulfonamides is 1. The van der Waals surface area contributed by atoms with Gasteiger partial charge in [-0.1, -0.05) is 53.5 Å². The van der Waals surface area contributed by atoms with Gasteiger partial charge in [-0.05, 0) is 48.0 Å². The van der Waals surface area contributed by atoms with Crippen molar-refractivity contribution >= 4 is 55.9 Å². The van der Waals surface area contributed by atoms with Crippen LogP contribution in [0.2, 0.25) is 10.0 Å². The van der Waals surface area contributed by atoms with Gasteiger partial charge in [0.15, 0.2) is 11.6 Å². The van der Waals surface area contributed by atoms with Gasteiger partial charge in [-0.15, -0.1) is 0 Å². The third kappa shape index (κ3) is 4.48. The monoisotopic (exact) mass is 458 g/mol. The minimum absolute atomic E-state index is 0.0684. The Balaban J connectivity index is 1.71. The van der Waals surface area contributed by atoms with Crippen LogP contribution in [0.25, 0.3) is 11.0 Å². The number of rotatable bonds is 6. The molecule has 9 heteroatoms. The molecule has 0 fully saturated rings. The Morgan fingerprint density at radius 3 is 2.03 bits per heavy atom. The molecule has 4 rings (SSSR count). The molecule has 0 aliphatic heterocycles. The van der Waals surface area contributed by atoms with Crippen LogP contribution in [-0.4, -0.2) is 18.4 Å². The predicted octanol–water partition coefficient (Wildman–Crippen LogP) is 5.35. The van der Waals surface area contributed by atoms with Gasteiger partial charge in [0, 0.05) is 16.6 Å². The molecule has 1 aromatic heterocycles. The van der Waals surface area contributed by atoms with E-state index in [1.807, 2.05) is 30.3 Å². The van der Waals surface area contributed by atoms with Crippen molar-refractivity contribution in [2.24, 2.45) is 0 Å². The van der Waals surface area contributed by atoms with Gasteiger partial charge >= 0.3 is 0 Å². The van der Waals surface area contributed by atoms with E-state index in [9.17, 15) is 8.42 Å². The van der Waals surface area contributed by atoms with Gasteiger partial charge < -0.3 is 5.32 Å². The van der Waals surface area contributed by atoms with E-state index in [0.717, 1.165) is 5.56 Å². The average Bonchev–Trinajstić information content (AvgIpc) is 2.73. The Hall–Kier alpha value is -2.87. The maximum Gasteiger partial charge on any atom is 0.263 e. The SMILES string of the molecule is O=S(=O)(Nc1nc2ccccc2nc1NCc1ccccc1Cl)c1ccc(Cl)cc1. The summed E-state index contributed by atoms with van der Waals surface area (Å²) in [6.07, 6.45) is 0. The van der Waals surface area contributed by atoms with Crippen molar-refractivity contribution in [3.8, 4) is 0 Å². The van der Waals surface area contributed by atoms with E-state index in [2.05, 4.69) is 20.0 Å². The lowest BCUT2D eigenvalue weighted by Crippen LogP contribution is -2.16. The van der Waals surface area contributed by atoms with E-state index in [4.69, 9.17) is 23.2 Å². The normalized spacial score (nSPS) is 11.4. The molecule has 30 heavy (non-hydrogen) atoms. The highest BCUT2D eigenvalue weighted by Gasteiger charge is 2.19. The maximum atomic E-state index is 12.9. The van der Waals surface area contributed by atoms with Crippen molar-refractivity contribution in [3.63, 3.8) is 0 Å². The second kappa shape index (κ2) is 8.47. The van der Waals surface area contributed by atoms with Crippen LogP contribution in [0.3, 0.4) is 0 Å². The molecule has 0 saturated carbocycles. The largest absolute Gasteiger partial charge is 0.363 e. The minimum atomic E-state index is -3.89. The number of aromatic nitrogens is 2. The number of fused-ring (bicyclic) bond motifs is 1. The molecule has 3 aromatic carbocycles. The van der Waals surface area contributed by atoms with E-state index in [1.165, 1.54) is 24.3 Å². The fourth-order valence-corrected chi connectivity index (χ4v) is 4.15. The lowest BCUT2D eigenvalue weighted by atomic mass is 10.2. The number of para-hydroxylation sites is 2. The summed E-state index contributed by atoms with van der Waals surface area (Å²) in [6, 6.07) is 20.5. The molecule has 4 aromatic rings. The first-order valence-corrected chi connectivity index (χ1v) is 11.2. The van der Waals surface area contributed by atoms with E-state index < -0.39 is 10.0 Å². The molecule has 0 atom stereocenters. The number of halogens is 2. The number of anilines is 2. The smallest absolute Gasteiger partial charge is 0.263 e. The Morgan fingerprint density at radius 2 is 1.37 bits per heavy atom. The van der Waals surface area contributed by atoms with Crippen LogP contribution in [-0.2, 0) is 16.6 Å². The molecular weight excluding hydrogens is 443 g/mol. The summed E-state index contributed by atoms with van der Waals surface area (Å²) in [4.78, 5) is 9.08. The first-order chi connectivity index (χ1) is 14.4. The van der Waals surface area contributed by atoms with Gasteiger partial charge in [-0.3, -0.25) is 4.72 Å². The average molecular weight is 459 g/mol. The van der Waals surface area contributed by atoms with Crippen LogP contribution >= 0.6 is 23.2 Å². The summed E-state index contributed by atoms with van der Waals surface area (Å²) in [5, 5.41) is 4.18. The zero-order chi connectivity index (χ0) is 21.1.